The van der Waals surface area contributed by atoms with Gasteiger partial charge in [-0.2, -0.15) is 0 Å². The van der Waals surface area contributed by atoms with E-state index in [0.29, 0.717) is 12.7 Å². The third-order valence-electron chi connectivity index (χ3n) is 3.83. The molecular formula is C18H25N3O5. The van der Waals surface area contributed by atoms with E-state index in [1.807, 2.05) is 6.92 Å². The Kier molecular flexibility index (Phi) is 8.83. The third-order valence-corrected chi connectivity index (χ3v) is 3.83. The summed E-state index contributed by atoms with van der Waals surface area (Å²) >= 11 is 0. The summed E-state index contributed by atoms with van der Waals surface area (Å²) in [4.78, 5) is 46.7. The number of anilines is 1. The van der Waals surface area contributed by atoms with Crippen LogP contribution in [0.5, 0.6) is 0 Å². The molecule has 2 amide bonds. The monoisotopic (exact) mass is 363 g/mol. The molecule has 0 saturated carbocycles. The predicted octanol–water partition coefficient (Wildman–Crippen LogP) is 1.11. The highest BCUT2D eigenvalue weighted by Gasteiger charge is 2.25. The van der Waals surface area contributed by atoms with Crippen molar-refractivity contribution in [1.82, 2.24) is 10.6 Å². The Morgan fingerprint density at radius 3 is 2.46 bits per heavy atom. The van der Waals surface area contributed by atoms with Crippen LogP contribution in [0.2, 0.25) is 0 Å². The zero-order chi connectivity index (χ0) is 19.5. The Hall–Kier alpha value is -2.90. The molecule has 0 radical (unpaired) electrons. The molecule has 0 aliphatic heterocycles. The van der Waals surface area contributed by atoms with Crippen LogP contribution in [0.25, 0.3) is 0 Å². The van der Waals surface area contributed by atoms with E-state index in [9.17, 15) is 19.2 Å². The summed E-state index contributed by atoms with van der Waals surface area (Å²) in [5.74, 6) is -2.26. The minimum absolute atomic E-state index is 0.0982. The Morgan fingerprint density at radius 2 is 1.88 bits per heavy atom. The number of hydrogen-bond acceptors (Lipinski definition) is 5. The van der Waals surface area contributed by atoms with Crippen molar-refractivity contribution in [3.8, 4) is 0 Å². The van der Waals surface area contributed by atoms with Crippen LogP contribution in [0, 0.1) is 0 Å². The number of nitrogen functional groups attached to an aromatic ring is 1. The minimum atomic E-state index is -1.09. The van der Waals surface area contributed by atoms with Gasteiger partial charge in [0.2, 0.25) is 5.91 Å². The standard InChI is InChI=1S/C18H25N3O5/c1-2-3-6-12(11-22)20-18(26)15(9-10-16(23)24)21-17(25)13-7-4-5-8-14(13)19/h4-5,7-8,11-12,15H,2-3,6,9-10,19H2,1H3,(H,20,26)(H,21,25)(H,23,24)/t12-,15-/m0/s1. The molecule has 0 saturated heterocycles. The lowest BCUT2D eigenvalue weighted by atomic mass is 10.1. The average molecular weight is 363 g/mol. The second-order valence-corrected chi connectivity index (χ2v) is 5.94. The van der Waals surface area contributed by atoms with Gasteiger partial charge in [-0.1, -0.05) is 31.9 Å². The van der Waals surface area contributed by atoms with E-state index in [4.69, 9.17) is 10.8 Å². The molecule has 1 aromatic carbocycles. The number of carbonyl (C=O) groups is 4. The fourth-order valence-electron chi connectivity index (χ4n) is 2.36. The Morgan fingerprint density at radius 1 is 1.19 bits per heavy atom. The van der Waals surface area contributed by atoms with Crippen molar-refractivity contribution in [2.24, 2.45) is 0 Å². The summed E-state index contributed by atoms with van der Waals surface area (Å²) in [5, 5.41) is 13.9. The fourth-order valence-corrected chi connectivity index (χ4v) is 2.36. The van der Waals surface area contributed by atoms with Crippen LogP contribution in [0.3, 0.4) is 0 Å². The summed E-state index contributed by atoms with van der Waals surface area (Å²) in [5.41, 5.74) is 6.19. The molecule has 26 heavy (non-hydrogen) atoms. The molecule has 0 aromatic heterocycles. The van der Waals surface area contributed by atoms with Crippen LogP contribution in [-0.2, 0) is 14.4 Å². The molecule has 1 aromatic rings. The summed E-state index contributed by atoms with van der Waals surface area (Å²) in [7, 11) is 0. The van der Waals surface area contributed by atoms with Gasteiger partial charge >= 0.3 is 5.97 Å². The van der Waals surface area contributed by atoms with Crippen molar-refractivity contribution in [2.75, 3.05) is 5.73 Å². The number of nitrogens with one attached hydrogen (secondary N) is 2. The number of aliphatic carboxylic acids is 1. The number of carboxylic acid groups (broad SMARTS) is 1. The fraction of sp³-hybridized carbons (Fsp3) is 0.444. The highest BCUT2D eigenvalue weighted by molar-refractivity contribution is 6.01. The van der Waals surface area contributed by atoms with Gasteiger partial charge in [0.25, 0.3) is 5.91 Å². The third kappa shape index (κ3) is 6.92. The number of carbonyl (C=O) groups excluding carboxylic acids is 3. The smallest absolute Gasteiger partial charge is 0.303 e. The van der Waals surface area contributed by atoms with Crippen molar-refractivity contribution >= 4 is 29.8 Å². The molecule has 8 heteroatoms. The van der Waals surface area contributed by atoms with E-state index < -0.39 is 29.9 Å². The molecule has 0 aliphatic carbocycles. The van der Waals surface area contributed by atoms with Gasteiger partial charge in [0.15, 0.2) is 0 Å². The Bertz CT molecular complexity index is 647. The van der Waals surface area contributed by atoms with Gasteiger partial charge in [0.05, 0.1) is 11.6 Å². The minimum Gasteiger partial charge on any atom is -0.481 e. The van der Waals surface area contributed by atoms with Crippen LogP contribution in [0.1, 0.15) is 49.4 Å². The van der Waals surface area contributed by atoms with Crippen LogP contribution >= 0.6 is 0 Å². The number of benzene rings is 1. The first-order valence-electron chi connectivity index (χ1n) is 8.51. The highest BCUT2D eigenvalue weighted by atomic mass is 16.4. The number of hydrogen-bond donors (Lipinski definition) is 4. The number of carboxylic acids is 1. The van der Waals surface area contributed by atoms with Crippen molar-refractivity contribution in [1.29, 1.82) is 0 Å². The molecule has 5 N–H and O–H groups in total. The van der Waals surface area contributed by atoms with Crippen LogP contribution in [-0.4, -0.2) is 41.3 Å². The van der Waals surface area contributed by atoms with Crippen LogP contribution in [0.15, 0.2) is 24.3 Å². The summed E-state index contributed by atoms with van der Waals surface area (Å²) in [6, 6.07) is 4.60. The van der Waals surface area contributed by atoms with Gasteiger partial charge < -0.3 is 26.3 Å². The van der Waals surface area contributed by atoms with Crippen molar-refractivity contribution in [3.05, 3.63) is 29.8 Å². The molecule has 0 heterocycles. The summed E-state index contributed by atoms with van der Waals surface area (Å²) < 4.78 is 0. The van der Waals surface area contributed by atoms with E-state index in [2.05, 4.69) is 10.6 Å². The molecule has 0 fully saturated rings. The first kappa shape index (κ1) is 21.1. The number of unbranched alkanes of at least 4 members (excludes halogenated alkanes) is 1. The van der Waals surface area contributed by atoms with Gasteiger partial charge in [-0.3, -0.25) is 14.4 Å². The summed E-state index contributed by atoms with van der Waals surface area (Å²) in [6.45, 7) is 1.96. The van der Waals surface area contributed by atoms with Crippen molar-refractivity contribution in [3.63, 3.8) is 0 Å². The predicted molar refractivity (Wildman–Crippen MR) is 96.5 cm³/mol. The van der Waals surface area contributed by atoms with Gasteiger partial charge in [-0.15, -0.1) is 0 Å². The number of amides is 2. The van der Waals surface area contributed by atoms with E-state index in [1.54, 1.807) is 18.2 Å². The molecular weight excluding hydrogens is 338 g/mol. The SMILES string of the molecule is CCCC[C@@H](C=O)NC(=O)[C@H](CCC(=O)O)NC(=O)c1ccccc1N. The second-order valence-electron chi connectivity index (χ2n) is 5.94. The number of aldehydes is 1. The average Bonchev–Trinajstić information content (AvgIpc) is 2.61. The molecule has 8 nitrogen and oxygen atoms in total. The number of rotatable bonds is 11. The molecule has 2 atom stereocenters. The first-order chi connectivity index (χ1) is 12.4. The van der Waals surface area contributed by atoms with Crippen molar-refractivity contribution in [2.45, 2.75) is 51.1 Å². The number of nitrogens with two attached hydrogens (primary N) is 1. The van der Waals surface area contributed by atoms with Gasteiger partial charge in [-0.05, 0) is 25.0 Å². The first-order valence-corrected chi connectivity index (χ1v) is 8.51. The maximum Gasteiger partial charge on any atom is 0.303 e. The van der Waals surface area contributed by atoms with Crippen LogP contribution in [0.4, 0.5) is 5.69 Å². The topological polar surface area (TPSA) is 139 Å². The maximum atomic E-state index is 12.4. The van der Waals surface area contributed by atoms with Crippen molar-refractivity contribution < 1.29 is 24.3 Å². The largest absolute Gasteiger partial charge is 0.481 e. The molecule has 0 spiro atoms. The molecule has 0 aliphatic rings. The Balaban J connectivity index is 2.84. The normalized spacial score (nSPS) is 12.7. The lowest BCUT2D eigenvalue weighted by Crippen LogP contribution is -2.50. The van der Waals surface area contributed by atoms with E-state index in [-0.39, 0.29) is 24.1 Å². The van der Waals surface area contributed by atoms with Gasteiger partial charge in [0, 0.05) is 12.1 Å². The van der Waals surface area contributed by atoms with Gasteiger partial charge in [0.1, 0.15) is 12.3 Å². The lowest BCUT2D eigenvalue weighted by Gasteiger charge is -2.20. The molecule has 1 rings (SSSR count). The Labute approximate surface area is 152 Å². The second kappa shape index (κ2) is 10.9. The zero-order valence-corrected chi connectivity index (χ0v) is 14.7. The van der Waals surface area contributed by atoms with E-state index >= 15 is 0 Å². The van der Waals surface area contributed by atoms with E-state index in [0.717, 1.165) is 12.8 Å². The van der Waals surface area contributed by atoms with Crippen LogP contribution < -0.4 is 16.4 Å². The van der Waals surface area contributed by atoms with E-state index in [1.165, 1.54) is 6.07 Å². The zero-order valence-electron chi connectivity index (χ0n) is 14.7. The molecule has 0 unspecified atom stereocenters. The van der Waals surface area contributed by atoms with Gasteiger partial charge in [-0.25, -0.2) is 0 Å². The quantitative estimate of drug-likeness (QED) is 0.343. The lowest BCUT2D eigenvalue weighted by molar-refractivity contribution is -0.137. The molecule has 0 bridgehead atoms. The highest BCUT2D eigenvalue weighted by Crippen LogP contribution is 2.11. The molecule has 142 valence electrons. The summed E-state index contributed by atoms with van der Waals surface area (Å²) in [6.07, 6.45) is 2.35. The number of para-hydroxylation sites is 1. The maximum absolute atomic E-state index is 12.4.